The molecule has 1 N–H and O–H groups in total. The predicted molar refractivity (Wildman–Crippen MR) is 50.8 cm³/mol. The van der Waals surface area contributed by atoms with Crippen LogP contribution in [-0.2, 0) is 7.05 Å². The molecule has 7 nitrogen and oxygen atoms in total. The highest BCUT2D eigenvalue weighted by Crippen LogP contribution is 2.11. The largest absolute Gasteiger partial charge is 0.446 e. The molecule has 3 heterocycles. The average molecular weight is 206 g/mol. The molecule has 0 atom stereocenters. The van der Waals surface area contributed by atoms with Crippen molar-refractivity contribution in [1.82, 2.24) is 19.2 Å². The van der Waals surface area contributed by atoms with E-state index in [1.54, 1.807) is 13.1 Å². The summed E-state index contributed by atoms with van der Waals surface area (Å²) in [5, 5.41) is 5.89. The van der Waals surface area contributed by atoms with Crippen LogP contribution in [0.3, 0.4) is 0 Å². The van der Waals surface area contributed by atoms with Crippen LogP contribution in [0.5, 0.6) is 0 Å². The van der Waals surface area contributed by atoms with Crippen molar-refractivity contribution in [2.24, 2.45) is 7.05 Å². The quantitative estimate of drug-likeness (QED) is 0.535. The van der Waals surface area contributed by atoms with E-state index in [0.29, 0.717) is 11.2 Å². The number of hydrogen-bond donors (Lipinski definition) is 1. The van der Waals surface area contributed by atoms with Gasteiger partial charge in [0.15, 0.2) is 0 Å². The molecule has 0 aliphatic rings. The number of nitrogens with zero attached hydrogens (tertiary/aromatic N) is 3. The van der Waals surface area contributed by atoms with E-state index in [1.165, 1.54) is 15.2 Å². The van der Waals surface area contributed by atoms with Crippen molar-refractivity contribution < 1.29 is 4.42 Å². The van der Waals surface area contributed by atoms with Gasteiger partial charge in [-0.15, -0.1) is 5.10 Å². The minimum atomic E-state index is -0.450. The van der Waals surface area contributed by atoms with E-state index >= 15 is 0 Å². The second kappa shape index (κ2) is 2.38. The summed E-state index contributed by atoms with van der Waals surface area (Å²) >= 11 is 0. The number of rotatable bonds is 0. The van der Waals surface area contributed by atoms with Gasteiger partial charge in [-0.05, 0) is 0 Å². The lowest BCUT2D eigenvalue weighted by molar-refractivity contribution is 0.577. The molecule has 3 aromatic heterocycles. The third kappa shape index (κ3) is 0.815. The van der Waals surface area contributed by atoms with Crippen LogP contribution in [0.4, 0.5) is 0 Å². The molecule has 0 bridgehead atoms. The molecule has 0 aliphatic carbocycles. The molecular weight excluding hydrogens is 200 g/mol. The summed E-state index contributed by atoms with van der Waals surface area (Å²) in [4.78, 5) is 23.1. The first-order chi connectivity index (χ1) is 7.20. The maximum atomic E-state index is 11.7. The Morgan fingerprint density at radius 3 is 3.07 bits per heavy atom. The fourth-order valence-corrected chi connectivity index (χ4v) is 1.62. The average Bonchev–Trinajstić information content (AvgIpc) is 2.80. The second-order valence-corrected chi connectivity index (χ2v) is 3.16. The summed E-state index contributed by atoms with van der Waals surface area (Å²) < 4.78 is 7.63. The third-order valence-electron chi connectivity index (χ3n) is 2.34. The van der Waals surface area contributed by atoms with Gasteiger partial charge >= 0.3 is 5.69 Å². The van der Waals surface area contributed by atoms with Gasteiger partial charge in [-0.1, -0.05) is 0 Å². The fourth-order valence-electron chi connectivity index (χ4n) is 1.62. The van der Waals surface area contributed by atoms with Crippen LogP contribution in [0.15, 0.2) is 26.3 Å². The van der Waals surface area contributed by atoms with E-state index in [0.717, 1.165) is 0 Å². The first-order valence-electron chi connectivity index (χ1n) is 4.23. The lowest BCUT2D eigenvalue weighted by Gasteiger charge is -1.98. The molecule has 0 aliphatic heterocycles. The molecule has 15 heavy (non-hydrogen) atoms. The van der Waals surface area contributed by atoms with E-state index in [9.17, 15) is 9.59 Å². The number of H-pyrrole nitrogens is 1. The molecule has 0 unspecified atom stereocenters. The topological polar surface area (TPSA) is 85.3 Å². The van der Waals surface area contributed by atoms with Crippen LogP contribution in [0.25, 0.3) is 16.9 Å². The first kappa shape index (κ1) is 8.04. The Kier molecular flexibility index (Phi) is 1.28. The predicted octanol–water partition coefficient (Wildman–Crippen LogP) is -0.533. The zero-order chi connectivity index (χ0) is 10.6. The van der Waals surface area contributed by atoms with Gasteiger partial charge in [0.25, 0.3) is 5.56 Å². The minimum absolute atomic E-state index is 0.0661. The zero-order valence-electron chi connectivity index (χ0n) is 7.72. The van der Waals surface area contributed by atoms with E-state index in [1.807, 2.05) is 0 Å². The Balaban J connectivity index is 2.87. The number of nitrogens with one attached hydrogen (secondary N) is 1. The number of hydrogen-bond acceptors (Lipinski definition) is 4. The second-order valence-electron chi connectivity index (χ2n) is 3.16. The van der Waals surface area contributed by atoms with Gasteiger partial charge in [-0.3, -0.25) is 9.36 Å². The first-order valence-corrected chi connectivity index (χ1v) is 4.23. The van der Waals surface area contributed by atoms with Crippen molar-refractivity contribution >= 4 is 16.9 Å². The highest BCUT2D eigenvalue weighted by atomic mass is 16.3. The number of aromatic nitrogens is 4. The zero-order valence-corrected chi connectivity index (χ0v) is 7.72. The Bertz CT molecular complexity index is 772. The van der Waals surface area contributed by atoms with Gasteiger partial charge in [0.2, 0.25) is 11.4 Å². The van der Waals surface area contributed by atoms with E-state index in [4.69, 9.17) is 4.42 Å². The lowest BCUT2D eigenvalue weighted by atomic mass is 10.5. The monoisotopic (exact) mass is 206 g/mol. The van der Waals surface area contributed by atoms with Gasteiger partial charge in [0.1, 0.15) is 5.52 Å². The van der Waals surface area contributed by atoms with E-state index < -0.39 is 5.69 Å². The van der Waals surface area contributed by atoms with Crippen LogP contribution in [0.2, 0.25) is 0 Å². The van der Waals surface area contributed by atoms with Gasteiger partial charge in [0.05, 0.1) is 6.26 Å². The van der Waals surface area contributed by atoms with Crippen molar-refractivity contribution in [2.75, 3.05) is 0 Å². The number of aromatic amines is 1. The van der Waals surface area contributed by atoms with E-state index in [2.05, 4.69) is 10.2 Å². The third-order valence-corrected chi connectivity index (χ3v) is 2.34. The van der Waals surface area contributed by atoms with Crippen LogP contribution in [0.1, 0.15) is 0 Å². The maximum absolute atomic E-state index is 11.7. The van der Waals surface area contributed by atoms with Gasteiger partial charge in [0, 0.05) is 13.1 Å². The smallest absolute Gasteiger partial charge is 0.348 e. The normalized spacial score (nSPS) is 11.5. The van der Waals surface area contributed by atoms with Gasteiger partial charge in [-0.25, -0.2) is 14.3 Å². The molecule has 0 spiro atoms. The highest BCUT2D eigenvalue weighted by molar-refractivity contribution is 5.72. The molecule has 0 saturated heterocycles. The molecule has 0 amide bonds. The highest BCUT2D eigenvalue weighted by Gasteiger charge is 2.13. The fraction of sp³-hybridized carbons (Fsp3) is 0.125. The summed E-state index contributed by atoms with van der Waals surface area (Å²) in [6.07, 6.45) is 1.42. The standard InChI is InChI=1S/C8H6N4O3/c1-11-6(13)5-9-10-8(14)12(5)4-2-3-15-7(4)11/h2-3H,1H3,(H,10,14). The summed E-state index contributed by atoms with van der Waals surface area (Å²) in [6, 6.07) is 1.61. The molecular formula is C8H6N4O3. The Hall–Kier alpha value is -2.31. The van der Waals surface area contributed by atoms with Crippen LogP contribution in [-0.4, -0.2) is 19.2 Å². The van der Waals surface area contributed by atoms with Crippen molar-refractivity contribution in [3.63, 3.8) is 0 Å². The summed E-state index contributed by atoms with van der Waals surface area (Å²) in [5.41, 5.74) is 0.100. The molecule has 7 heteroatoms. The summed E-state index contributed by atoms with van der Waals surface area (Å²) in [5.74, 6) is 0. The molecule has 0 radical (unpaired) electrons. The van der Waals surface area contributed by atoms with Crippen molar-refractivity contribution in [3.05, 3.63) is 33.2 Å². The Morgan fingerprint density at radius 1 is 1.47 bits per heavy atom. The Labute approximate surface area is 81.6 Å². The van der Waals surface area contributed by atoms with E-state index in [-0.39, 0.29) is 11.2 Å². The van der Waals surface area contributed by atoms with Gasteiger partial charge < -0.3 is 4.42 Å². The minimum Gasteiger partial charge on any atom is -0.446 e. The van der Waals surface area contributed by atoms with Crippen LogP contribution >= 0.6 is 0 Å². The Morgan fingerprint density at radius 2 is 2.27 bits per heavy atom. The number of aryl methyl sites for hydroxylation is 1. The van der Waals surface area contributed by atoms with Crippen LogP contribution in [0, 0.1) is 0 Å². The van der Waals surface area contributed by atoms with Crippen molar-refractivity contribution in [1.29, 1.82) is 0 Å². The molecule has 76 valence electrons. The molecule has 0 aromatic carbocycles. The number of fused-ring (bicyclic) bond motifs is 3. The lowest BCUT2D eigenvalue weighted by Crippen LogP contribution is -2.22. The van der Waals surface area contributed by atoms with Crippen molar-refractivity contribution in [3.8, 4) is 0 Å². The molecule has 3 rings (SSSR count). The summed E-state index contributed by atoms with van der Waals surface area (Å²) in [7, 11) is 1.56. The maximum Gasteiger partial charge on any atom is 0.348 e. The van der Waals surface area contributed by atoms with Crippen molar-refractivity contribution in [2.45, 2.75) is 0 Å². The van der Waals surface area contributed by atoms with Crippen LogP contribution < -0.4 is 11.2 Å². The molecule has 0 fully saturated rings. The molecule has 0 saturated carbocycles. The van der Waals surface area contributed by atoms with Gasteiger partial charge in [-0.2, -0.15) is 0 Å². The molecule has 3 aromatic rings. The summed E-state index contributed by atoms with van der Waals surface area (Å²) in [6.45, 7) is 0. The number of furan rings is 1. The SMILES string of the molecule is Cn1c(=O)c2n[nH]c(=O)n2c2ccoc21.